The van der Waals surface area contributed by atoms with E-state index in [0.717, 1.165) is 6.42 Å². The molecule has 0 unspecified atom stereocenters. The van der Waals surface area contributed by atoms with E-state index >= 15 is 0 Å². The van der Waals surface area contributed by atoms with Crippen molar-refractivity contribution in [2.45, 2.75) is 120 Å². The summed E-state index contributed by atoms with van der Waals surface area (Å²) in [6.07, 6.45) is 1.70. The Hall–Kier alpha value is 0.307. The molecule has 0 aromatic rings. The van der Waals surface area contributed by atoms with E-state index in [1.165, 1.54) is 9.98 Å². The molecule has 1 saturated carbocycles. The number of ketones is 1. The van der Waals surface area contributed by atoms with Crippen LogP contribution in [0.1, 0.15) is 54.4 Å². The number of fused-ring (bicyclic) bond motifs is 1. The number of rotatable bonds is 5. The molecule has 0 aromatic carbocycles. The average molecular weight is 499 g/mol. The minimum absolute atomic E-state index is 0.0266. The Morgan fingerprint density at radius 1 is 0.862 bits per heavy atom. The number of carbonyl (C=O) groups is 1. The van der Waals surface area contributed by atoms with E-state index in [-0.39, 0.29) is 22.3 Å². The predicted octanol–water partition coefficient (Wildman–Crippen LogP) is 6.93. The van der Waals surface area contributed by atoms with E-state index in [2.05, 4.69) is 85.0 Å². The van der Waals surface area contributed by atoms with Gasteiger partial charge in [0, 0.05) is 0 Å². The molecule has 3 nitrogen and oxygen atoms in total. The normalized spacial score (nSPS) is 27.1. The number of hydrogen-bond donors (Lipinski definition) is 0. The summed E-state index contributed by atoms with van der Waals surface area (Å²) in [5.41, 5.74) is 1.36. The van der Waals surface area contributed by atoms with Gasteiger partial charge in [-0.05, 0) is 0 Å². The Bertz CT molecular complexity index is 690. The molecule has 1 fully saturated rings. The molecule has 29 heavy (non-hydrogen) atoms. The molecule has 168 valence electrons. The first-order valence-corrected chi connectivity index (χ1v) is 24.5. The van der Waals surface area contributed by atoms with Crippen LogP contribution in [0.25, 0.3) is 0 Å². The first-order valence-electron chi connectivity index (χ1n) is 11.3. The quantitative estimate of drug-likeness (QED) is 0.385. The molecule has 2 aliphatic carbocycles. The van der Waals surface area contributed by atoms with Crippen LogP contribution < -0.4 is 0 Å². The molecule has 0 spiro atoms. The van der Waals surface area contributed by atoms with Crippen molar-refractivity contribution in [1.82, 2.24) is 0 Å². The van der Waals surface area contributed by atoms with Gasteiger partial charge in [0.25, 0.3) is 0 Å². The van der Waals surface area contributed by atoms with E-state index in [4.69, 9.17) is 8.85 Å². The Balaban J connectivity index is 2.54. The summed E-state index contributed by atoms with van der Waals surface area (Å²) in [5.74, 6) is 7.81. The van der Waals surface area contributed by atoms with Crippen LogP contribution in [0.2, 0.25) is 53.5 Å². The van der Waals surface area contributed by atoms with E-state index in [1.54, 1.807) is 0 Å². The van der Waals surface area contributed by atoms with Crippen molar-refractivity contribution in [2.24, 2.45) is 5.92 Å². The second-order valence-electron chi connectivity index (χ2n) is 13.4. The molecular weight excluding hydrogens is 453 g/mol. The summed E-state index contributed by atoms with van der Waals surface area (Å²) in [7, 11) is -3.92. The molecule has 0 amide bonds. The van der Waals surface area contributed by atoms with Crippen LogP contribution in [-0.4, -0.2) is 47.9 Å². The summed E-state index contributed by atoms with van der Waals surface area (Å²) in [5, 5.41) is 0.306. The van der Waals surface area contributed by atoms with Gasteiger partial charge in [-0.2, -0.15) is 0 Å². The van der Waals surface area contributed by atoms with Crippen molar-refractivity contribution in [3.05, 3.63) is 9.98 Å². The standard InChI is InChI=1S/C23H46GeO3Si2/c1-22(2,3)28(10,11)26-18-15-16-14-17(25)20(24(7,8)9)19(16)21(18)27-29(12,13)23(4,5)6/h16,18,21H,14-15H2,1-13H3/t16-,18+,21-/m0/s1. The number of hydrogen-bond acceptors (Lipinski definition) is 3. The van der Waals surface area contributed by atoms with Crippen molar-refractivity contribution in [3.63, 3.8) is 0 Å². The number of Topliss-reactive ketones (excluding diaryl/α,β-unsaturated/α-hetero) is 1. The van der Waals surface area contributed by atoms with Gasteiger partial charge in [-0.25, -0.2) is 0 Å². The molecular formula is C23H46GeO3Si2. The van der Waals surface area contributed by atoms with Gasteiger partial charge in [-0.3, -0.25) is 0 Å². The SMILES string of the molecule is CC(C)(C)[Si](C)(C)O[C@@H]1C2=[C]([Ge]([CH3])([CH3])[CH3])C(=O)C[C@H]2C[C@H]1O[Si](C)(C)C(C)(C)C. The third-order valence-corrected chi connectivity index (χ3v) is 21.1. The average Bonchev–Trinajstić information content (AvgIpc) is 2.90. The molecule has 0 aliphatic heterocycles. The topological polar surface area (TPSA) is 35.5 Å². The maximum atomic E-state index is 13.0. The van der Waals surface area contributed by atoms with Gasteiger partial charge in [0.2, 0.25) is 0 Å². The summed E-state index contributed by atoms with van der Waals surface area (Å²) >= 11 is -2.30. The van der Waals surface area contributed by atoms with Gasteiger partial charge in [-0.1, -0.05) is 0 Å². The fourth-order valence-corrected chi connectivity index (χ4v) is 11.3. The van der Waals surface area contributed by atoms with Crippen LogP contribution in [0.4, 0.5) is 0 Å². The van der Waals surface area contributed by atoms with Crippen molar-refractivity contribution in [2.75, 3.05) is 0 Å². The van der Waals surface area contributed by atoms with E-state index in [1.807, 2.05) is 0 Å². The molecule has 2 rings (SSSR count). The second-order valence-corrected chi connectivity index (χ2v) is 33.4. The molecule has 0 saturated heterocycles. The summed E-state index contributed by atoms with van der Waals surface area (Å²) in [6, 6.07) is 0. The molecule has 3 atom stereocenters. The van der Waals surface area contributed by atoms with Crippen molar-refractivity contribution >= 4 is 35.7 Å². The second kappa shape index (κ2) is 7.71. The summed E-state index contributed by atoms with van der Waals surface area (Å²) < 4.78 is 15.3. The molecule has 0 N–H and O–H groups in total. The zero-order valence-electron chi connectivity index (χ0n) is 21.4. The number of allylic oxidation sites excluding steroid dienone is 1. The third-order valence-electron chi connectivity index (χ3n) is 7.83. The Morgan fingerprint density at radius 2 is 1.31 bits per heavy atom. The Morgan fingerprint density at radius 3 is 1.72 bits per heavy atom. The van der Waals surface area contributed by atoms with E-state index in [0.29, 0.717) is 18.1 Å². The number of carbonyl (C=O) groups excluding carboxylic acids is 1. The first-order chi connectivity index (χ1) is 12.7. The fourth-order valence-electron chi connectivity index (χ4n) is 4.14. The summed E-state index contributed by atoms with van der Waals surface area (Å²) in [4.78, 5) is 13.0. The molecule has 2 aliphatic rings. The Kier molecular flexibility index (Phi) is 6.80. The van der Waals surface area contributed by atoms with Crippen LogP contribution in [0.15, 0.2) is 9.98 Å². The van der Waals surface area contributed by atoms with Crippen LogP contribution in [0.5, 0.6) is 0 Å². The van der Waals surface area contributed by atoms with E-state index < -0.39 is 29.9 Å². The van der Waals surface area contributed by atoms with Gasteiger partial charge >= 0.3 is 185 Å². The third kappa shape index (κ3) is 5.05. The zero-order chi connectivity index (χ0) is 22.8. The monoisotopic (exact) mass is 500 g/mol. The van der Waals surface area contributed by atoms with Gasteiger partial charge in [0.15, 0.2) is 0 Å². The summed E-state index contributed by atoms with van der Waals surface area (Å²) in [6.45, 7) is 23.1. The fraction of sp³-hybridized carbons (Fsp3) is 0.870. The van der Waals surface area contributed by atoms with Crippen molar-refractivity contribution in [3.8, 4) is 0 Å². The predicted molar refractivity (Wildman–Crippen MR) is 132 cm³/mol. The van der Waals surface area contributed by atoms with Crippen LogP contribution >= 0.6 is 0 Å². The minimum atomic E-state index is -2.30. The zero-order valence-corrected chi connectivity index (χ0v) is 25.5. The van der Waals surface area contributed by atoms with Crippen molar-refractivity contribution < 1.29 is 13.6 Å². The van der Waals surface area contributed by atoms with Gasteiger partial charge in [-0.15, -0.1) is 0 Å². The maximum absolute atomic E-state index is 13.0. The van der Waals surface area contributed by atoms with Gasteiger partial charge in [0.05, 0.1) is 0 Å². The van der Waals surface area contributed by atoms with Crippen LogP contribution in [0, 0.1) is 5.92 Å². The first kappa shape index (κ1) is 25.6. The van der Waals surface area contributed by atoms with Gasteiger partial charge in [0.1, 0.15) is 0 Å². The molecule has 0 radical (unpaired) electrons. The van der Waals surface area contributed by atoms with Crippen LogP contribution in [-0.2, 0) is 13.6 Å². The molecule has 0 bridgehead atoms. The van der Waals surface area contributed by atoms with Crippen LogP contribution in [0.3, 0.4) is 0 Å². The molecule has 6 heteroatoms. The van der Waals surface area contributed by atoms with Gasteiger partial charge < -0.3 is 0 Å². The molecule has 0 aromatic heterocycles. The molecule has 0 heterocycles. The Labute approximate surface area is 185 Å². The van der Waals surface area contributed by atoms with Crippen molar-refractivity contribution in [1.29, 1.82) is 0 Å². The van der Waals surface area contributed by atoms with E-state index in [9.17, 15) is 4.79 Å².